The Hall–Kier alpha value is -0.480. The van der Waals surface area contributed by atoms with Gasteiger partial charge in [-0.2, -0.15) is 4.31 Å². The zero-order valence-electron chi connectivity index (χ0n) is 11.5. The lowest BCUT2D eigenvalue weighted by Gasteiger charge is -2.36. The third kappa shape index (κ3) is 3.65. The Morgan fingerprint density at radius 2 is 2.00 bits per heavy atom. The second-order valence-corrected chi connectivity index (χ2v) is 9.39. The molecule has 1 aliphatic rings. The lowest BCUT2D eigenvalue weighted by molar-refractivity contribution is -0.143. The molecule has 0 radical (unpaired) electrons. The van der Waals surface area contributed by atoms with Crippen LogP contribution in [0, 0.1) is 0 Å². The lowest BCUT2D eigenvalue weighted by atomic mass is 10.1. The Bertz CT molecular complexity index is 609. The van der Waals surface area contributed by atoms with Crippen LogP contribution in [0.25, 0.3) is 0 Å². The summed E-state index contributed by atoms with van der Waals surface area (Å²) >= 11 is 4.45. The maximum Gasteiger partial charge on any atom is 0.320 e. The number of carbonyl (C=O) groups is 1. The molecule has 1 saturated heterocycles. The summed E-state index contributed by atoms with van der Waals surface area (Å²) in [5.41, 5.74) is 0. The van der Waals surface area contributed by atoms with Crippen LogP contribution in [-0.4, -0.2) is 60.9 Å². The third-order valence-electron chi connectivity index (χ3n) is 3.53. The van der Waals surface area contributed by atoms with Gasteiger partial charge in [-0.1, -0.05) is 6.92 Å². The third-order valence-corrected chi connectivity index (χ3v) is 7.52. The number of rotatable bonds is 5. The van der Waals surface area contributed by atoms with Gasteiger partial charge >= 0.3 is 5.97 Å². The van der Waals surface area contributed by atoms with Gasteiger partial charge in [0.1, 0.15) is 10.3 Å². The highest BCUT2D eigenvalue weighted by Crippen LogP contribution is 2.29. The van der Waals surface area contributed by atoms with Crippen LogP contribution in [0.15, 0.2) is 20.1 Å². The van der Waals surface area contributed by atoms with E-state index in [1.54, 1.807) is 12.1 Å². The Morgan fingerprint density at radius 1 is 1.38 bits per heavy atom. The number of carboxylic acids is 1. The summed E-state index contributed by atoms with van der Waals surface area (Å²) in [4.78, 5) is 13.0. The molecule has 1 aromatic rings. The zero-order valence-corrected chi connectivity index (χ0v) is 14.7. The summed E-state index contributed by atoms with van der Waals surface area (Å²) in [6, 6.07) is 2.76. The molecule has 0 amide bonds. The number of aliphatic carboxylic acids is 1. The fraction of sp³-hybridized carbons (Fsp3) is 0.583. The predicted octanol–water partition coefficient (Wildman–Crippen LogP) is 1.68. The molecule has 1 unspecified atom stereocenters. The van der Waals surface area contributed by atoms with Crippen molar-refractivity contribution in [1.29, 1.82) is 0 Å². The Kier molecular flexibility index (Phi) is 5.42. The number of hydrogen-bond donors (Lipinski definition) is 1. The average Bonchev–Trinajstić information content (AvgIpc) is 2.87. The highest BCUT2D eigenvalue weighted by atomic mass is 79.9. The minimum Gasteiger partial charge on any atom is -0.480 e. The lowest BCUT2D eigenvalue weighted by Crippen LogP contribution is -2.53. The summed E-state index contributed by atoms with van der Waals surface area (Å²) in [6.07, 6.45) is 0.514. The molecule has 1 aliphatic heterocycles. The van der Waals surface area contributed by atoms with Gasteiger partial charge in [-0.15, -0.1) is 11.3 Å². The summed E-state index contributed by atoms with van der Waals surface area (Å²) < 4.78 is 27.4. The monoisotopic (exact) mass is 396 g/mol. The number of carboxylic acid groups (broad SMARTS) is 1. The zero-order chi connectivity index (χ0) is 15.6. The maximum absolute atomic E-state index is 12.5. The molecule has 0 bridgehead atoms. The molecule has 21 heavy (non-hydrogen) atoms. The highest BCUT2D eigenvalue weighted by Gasteiger charge is 2.33. The van der Waals surface area contributed by atoms with Crippen molar-refractivity contribution in [2.75, 3.05) is 26.2 Å². The van der Waals surface area contributed by atoms with Crippen molar-refractivity contribution in [2.24, 2.45) is 0 Å². The van der Waals surface area contributed by atoms with Crippen LogP contribution < -0.4 is 0 Å². The van der Waals surface area contributed by atoms with Crippen LogP contribution in [0.5, 0.6) is 0 Å². The van der Waals surface area contributed by atoms with E-state index in [1.165, 1.54) is 15.6 Å². The van der Waals surface area contributed by atoms with Crippen molar-refractivity contribution in [3.8, 4) is 0 Å². The number of sulfonamides is 1. The molecule has 2 rings (SSSR count). The molecule has 1 N–H and O–H groups in total. The summed E-state index contributed by atoms with van der Waals surface area (Å²) in [5.74, 6) is -0.851. The van der Waals surface area contributed by atoms with Crippen molar-refractivity contribution < 1.29 is 18.3 Å². The summed E-state index contributed by atoms with van der Waals surface area (Å²) in [6.45, 7) is 3.35. The second kappa shape index (κ2) is 6.74. The molecule has 6 nitrogen and oxygen atoms in total. The SMILES string of the molecule is CCC(C(=O)O)N1CCN(S(=O)(=O)c2ccc(Br)s2)CC1. The molecular formula is C12H17BrN2O4S2. The summed E-state index contributed by atoms with van der Waals surface area (Å²) in [7, 11) is -3.47. The smallest absolute Gasteiger partial charge is 0.320 e. The van der Waals surface area contributed by atoms with E-state index >= 15 is 0 Å². The van der Waals surface area contributed by atoms with Gasteiger partial charge in [0, 0.05) is 26.2 Å². The first kappa shape index (κ1) is 16.9. The molecule has 1 aromatic heterocycles. The summed E-state index contributed by atoms with van der Waals surface area (Å²) in [5, 5.41) is 9.15. The van der Waals surface area contributed by atoms with E-state index in [0.29, 0.717) is 36.8 Å². The number of hydrogen-bond acceptors (Lipinski definition) is 5. The molecule has 1 fully saturated rings. The standard InChI is InChI=1S/C12H17BrN2O4S2/c1-2-9(12(16)17)14-5-7-15(8-6-14)21(18,19)11-4-3-10(13)20-11/h3-4,9H,2,5-8H2,1H3,(H,16,17). The van der Waals surface area contributed by atoms with E-state index in [9.17, 15) is 13.2 Å². The molecule has 0 spiro atoms. The first-order valence-corrected chi connectivity index (χ1v) is 9.63. The molecule has 0 aliphatic carbocycles. The van der Waals surface area contributed by atoms with Gasteiger partial charge < -0.3 is 5.11 Å². The molecule has 0 saturated carbocycles. The molecule has 2 heterocycles. The van der Waals surface area contributed by atoms with Gasteiger partial charge in [-0.05, 0) is 34.5 Å². The average molecular weight is 397 g/mol. The molecule has 118 valence electrons. The number of halogens is 1. The normalized spacial score (nSPS) is 19.5. The van der Waals surface area contributed by atoms with Gasteiger partial charge in [0.05, 0.1) is 3.79 Å². The van der Waals surface area contributed by atoms with E-state index in [4.69, 9.17) is 5.11 Å². The van der Waals surface area contributed by atoms with Crippen LogP contribution in [0.4, 0.5) is 0 Å². The van der Waals surface area contributed by atoms with Gasteiger partial charge in [-0.25, -0.2) is 8.42 Å². The minimum absolute atomic E-state index is 0.313. The van der Waals surface area contributed by atoms with E-state index in [1.807, 2.05) is 11.8 Å². The van der Waals surface area contributed by atoms with E-state index in [-0.39, 0.29) is 0 Å². The van der Waals surface area contributed by atoms with Crippen LogP contribution in [0.3, 0.4) is 0 Å². The molecular weight excluding hydrogens is 380 g/mol. The molecule has 0 aromatic carbocycles. The molecule has 1 atom stereocenters. The van der Waals surface area contributed by atoms with E-state index < -0.39 is 22.0 Å². The largest absolute Gasteiger partial charge is 0.480 e. The quantitative estimate of drug-likeness (QED) is 0.818. The van der Waals surface area contributed by atoms with Crippen LogP contribution in [0.1, 0.15) is 13.3 Å². The van der Waals surface area contributed by atoms with Crippen LogP contribution in [-0.2, 0) is 14.8 Å². The van der Waals surface area contributed by atoms with Crippen molar-refractivity contribution in [3.05, 3.63) is 15.9 Å². The van der Waals surface area contributed by atoms with Crippen molar-refractivity contribution in [1.82, 2.24) is 9.21 Å². The first-order chi connectivity index (χ1) is 9.86. The van der Waals surface area contributed by atoms with Gasteiger partial charge in [0.15, 0.2) is 0 Å². The fourth-order valence-corrected chi connectivity index (χ4v) is 5.99. The maximum atomic E-state index is 12.5. The molecule has 9 heteroatoms. The Balaban J connectivity index is 2.05. The van der Waals surface area contributed by atoms with Crippen molar-refractivity contribution in [2.45, 2.75) is 23.6 Å². The predicted molar refractivity (Wildman–Crippen MR) is 84.1 cm³/mol. The van der Waals surface area contributed by atoms with Gasteiger partial charge in [0.2, 0.25) is 0 Å². The number of thiophene rings is 1. The van der Waals surface area contributed by atoms with Crippen molar-refractivity contribution >= 4 is 43.3 Å². The van der Waals surface area contributed by atoms with E-state index in [2.05, 4.69) is 15.9 Å². The number of piperazine rings is 1. The Morgan fingerprint density at radius 3 is 2.43 bits per heavy atom. The second-order valence-electron chi connectivity index (χ2n) is 4.76. The van der Waals surface area contributed by atoms with Crippen LogP contribution in [0.2, 0.25) is 0 Å². The highest BCUT2D eigenvalue weighted by molar-refractivity contribution is 9.11. The minimum atomic E-state index is -3.47. The van der Waals surface area contributed by atoms with Crippen molar-refractivity contribution in [3.63, 3.8) is 0 Å². The van der Waals surface area contributed by atoms with Gasteiger partial charge in [-0.3, -0.25) is 9.69 Å². The van der Waals surface area contributed by atoms with E-state index in [0.717, 1.165) is 3.79 Å². The first-order valence-electron chi connectivity index (χ1n) is 6.58. The van der Waals surface area contributed by atoms with Gasteiger partial charge in [0.25, 0.3) is 10.0 Å². The van der Waals surface area contributed by atoms with Crippen LogP contribution >= 0.6 is 27.3 Å². The topological polar surface area (TPSA) is 77.9 Å². The number of nitrogens with zero attached hydrogens (tertiary/aromatic N) is 2. The fourth-order valence-electron chi connectivity index (χ4n) is 2.41. The Labute approximate surface area is 136 Å².